The fourth-order valence-corrected chi connectivity index (χ4v) is 1.77. The van der Waals surface area contributed by atoms with E-state index in [1.54, 1.807) is 36.5 Å². The van der Waals surface area contributed by atoms with Gasteiger partial charge in [-0.2, -0.15) is 0 Å². The summed E-state index contributed by atoms with van der Waals surface area (Å²) >= 11 is 12.0. The Kier molecular flexibility index (Phi) is 4.28. The first-order valence-electron chi connectivity index (χ1n) is 5.52. The molecule has 94 valence electrons. The summed E-state index contributed by atoms with van der Waals surface area (Å²) in [5, 5.41) is 3.98. The van der Waals surface area contributed by atoms with Crippen LogP contribution in [0.25, 0.3) is 0 Å². The number of halogens is 2. The predicted molar refractivity (Wildman–Crippen MR) is 74.9 cm³/mol. The van der Waals surface area contributed by atoms with Crippen LogP contribution < -0.4 is 10.1 Å². The van der Waals surface area contributed by atoms with Crippen LogP contribution in [-0.4, -0.2) is 11.5 Å². The number of aromatic nitrogens is 1. The highest BCUT2D eigenvalue weighted by Crippen LogP contribution is 2.34. The maximum atomic E-state index is 6.06. The summed E-state index contributed by atoms with van der Waals surface area (Å²) in [5.74, 6) is 1.94. The van der Waals surface area contributed by atoms with Crippen molar-refractivity contribution in [2.75, 3.05) is 11.9 Å². The molecule has 0 bridgehead atoms. The second-order valence-corrected chi connectivity index (χ2v) is 4.35. The molecule has 0 fully saturated rings. The van der Waals surface area contributed by atoms with Crippen molar-refractivity contribution in [3.63, 3.8) is 0 Å². The van der Waals surface area contributed by atoms with Crippen LogP contribution in [0.1, 0.15) is 6.92 Å². The second-order valence-electron chi connectivity index (χ2n) is 3.56. The predicted octanol–water partition coefficient (Wildman–Crippen LogP) is 4.61. The van der Waals surface area contributed by atoms with Crippen LogP contribution in [-0.2, 0) is 0 Å². The largest absolute Gasteiger partial charge is 0.456 e. The number of hydrogen-bond acceptors (Lipinski definition) is 3. The Morgan fingerprint density at radius 1 is 1.28 bits per heavy atom. The molecule has 0 aliphatic rings. The molecule has 3 nitrogen and oxygen atoms in total. The van der Waals surface area contributed by atoms with Gasteiger partial charge in [0.25, 0.3) is 0 Å². The molecule has 1 N–H and O–H groups in total. The summed E-state index contributed by atoms with van der Waals surface area (Å²) in [6.45, 7) is 2.80. The van der Waals surface area contributed by atoms with Gasteiger partial charge >= 0.3 is 0 Å². The third-order valence-electron chi connectivity index (χ3n) is 2.23. The van der Waals surface area contributed by atoms with E-state index in [0.717, 1.165) is 12.4 Å². The number of benzene rings is 1. The molecule has 18 heavy (non-hydrogen) atoms. The summed E-state index contributed by atoms with van der Waals surface area (Å²) in [6, 6.07) is 8.84. The lowest BCUT2D eigenvalue weighted by Crippen LogP contribution is -1.98. The van der Waals surface area contributed by atoms with Gasteiger partial charge in [0.15, 0.2) is 0 Å². The van der Waals surface area contributed by atoms with Crippen molar-refractivity contribution in [2.45, 2.75) is 6.92 Å². The topological polar surface area (TPSA) is 34.1 Å². The summed E-state index contributed by atoms with van der Waals surface area (Å²) < 4.78 is 5.68. The lowest BCUT2D eigenvalue weighted by atomic mass is 10.3. The van der Waals surface area contributed by atoms with E-state index in [2.05, 4.69) is 10.3 Å². The number of hydrogen-bond donors (Lipinski definition) is 1. The van der Waals surface area contributed by atoms with Crippen LogP contribution in [0, 0.1) is 0 Å². The van der Waals surface area contributed by atoms with Gasteiger partial charge in [-0.3, -0.25) is 0 Å². The number of ether oxygens (including phenoxy) is 1. The van der Waals surface area contributed by atoms with E-state index in [4.69, 9.17) is 27.9 Å². The number of nitrogens with zero attached hydrogens (tertiary/aromatic N) is 1. The molecule has 0 saturated carbocycles. The van der Waals surface area contributed by atoms with Crippen LogP contribution in [0.2, 0.25) is 10.0 Å². The maximum Gasteiger partial charge on any atom is 0.147 e. The monoisotopic (exact) mass is 282 g/mol. The van der Waals surface area contributed by atoms with Gasteiger partial charge in [-0.15, -0.1) is 0 Å². The Morgan fingerprint density at radius 2 is 2.11 bits per heavy atom. The van der Waals surface area contributed by atoms with E-state index < -0.39 is 0 Å². The van der Waals surface area contributed by atoms with E-state index in [-0.39, 0.29) is 0 Å². The van der Waals surface area contributed by atoms with E-state index in [9.17, 15) is 0 Å². The zero-order chi connectivity index (χ0) is 13.0. The Bertz CT molecular complexity index is 546. The average Bonchev–Trinajstić information content (AvgIpc) is 2.36. The highest BCUT2D eigenvalue weighted by Gasteiger charge is 2.07. The van der Waals surface area contributed by atoms with E-state index in [1.807, 2.05) is 6.92 Å². The Hall–Kier alpha value is -1.45. The summed E-state index contributed by atoms with van der Waals surface area (Å²) in [7, 11) is 0. The number of nitrogens with one attached hydrogen (secondary N) is 1. The molecule has 0 radical (unpaired) electrons. The molecule has 1 heterocycles. The van der Waals surface area contributed by atoms with Crippen molar-refractivity contribution in [2.24, 2.45) is 0 Å². The highest BCUT2D eigenvalue weighted by atomic mass is 35.5. The van der Waals surface area contributed by atoms with Crippen LogP contribution in [0.15, 0.2) is 36.5 Å². The first-order valence-corrected chi connectivity index (χ1v) is 6.28. The minimum absolute atomic E-state index is 0.404. The van der Waals surface area contributed by atoms with Gasteiger partial charge in [0.2, 0.25) is 0 Å². The smallest absolute Gasteiger partial charge is 0.147 e. The lowest BCUT2D eigenvalue weighted by Gasteiger charge is -2.09. The van der Waals surface area contributed by atoms with Crippen LogP contribution in [0.3, 0.4) is 0 Å². The molecule has 1 aromatic heterocycles. The normalized spacial score (nSPS) is 10.2. The van der Waals surface area contributed by atoms with Gasteiger partial charge in [0.1, 0.15) is 22.3 Å². The van der Waals surface area contributed by atoms with E-state index >= 15 is 0 Å². The van der Waals surface area contributed by atoms with Crippen molar-refractivity contribution in [3.05, 3.63) is 46.6 Å². The molecule has 0 unspecified atom stereocenters. The van der Waals surface area contributed by atoms with Gasteiger partial charge < -0.3 is 10.1 Å². The number of anilines is 1. The first-order chi connectivity index (χ1) is 8.70. The van der Waals surface area contributed by atoms with Crippen molar-refractivity contribution in [3.8, 4) is 11.5 Å². The summed E-state index contributed by atoms with van der Waals surface area (Å²) in [6.07, 6.45) is 1.67. The van der Waals surface area contributed by atoms with Crippen molar-refractivity contribution in [1.29, 1.82) is 0 Å². The minimum atomic E-state index is 0.404. The highest BCUT2D eigenvalue weighted by molar-refractivity contribution is 6.42. The quantitative estimate of drug-likeness (QED) is 0.889. The molecule has 0 amide bonds. The minimum Gasteiger partial charge on any atom is -0.456 e. The maximum absolute atomic E-state index is 6.06. The molecule has 1 aromatic carbocycles. The Labute approximate surface area is 116 Å². The van der Waals surface area contributed by atoms with E-state index in [1.165, 1.54) is 0 Å². The van der Waals surface area contributed by atoms with Gasteiger partial charge in [0.05, 0.1) is 5.02 Å². The summed E-state index contributed by atoms with van der Waals surface area (Å²) in [4.78, 5) is 4.16. The van der Waals surface area contributed by atoms with Gasteiger partial charge in [-0.25, -0.2) is 4.98 Å². The van der Waals surface area contributed by atoms with Gasteiger partial charge in [0, 0.05) is 18.8 Å². The Balaban J connectivity index is 2.23. The van der Waals surface area contributed by atoms with E-state index in [0.29, 0.717) is 21.5 Å². The van der Waals surface area contributed by atoms with Crippen LogP contribution >= 0.6 is 23.2 Å². The van der Waals surface area contributed by atoms with Gasteiger partial charge in [-0.1, -0.05) is 29.3 Å². The van der Waals surface area contributed by atoms with Gasteiger partial charge in [-0.05, 0) is 25.1 Å². The molecule has 0 aliphatic carbocycles. The molecule has 0 atom stereocenters. The van der Waals surface area contributed by atoms with Crippen molar-refractivity contribution < 1.29 is 4.74 Å². The molecular formula is C13H12Cl2N2O. The third kappa shape index (κ3) is 3.06. The standard InChI is InChI=1S/C13H12Cl2N2O/c1-2-16-12-8-9(6-7-17-12)18-11-5-3-4-10(14)13(11)15/h3-8H,2H2,1H3,(H,16,17). The van der Waals surface area contributed by atoms with Crippen molar-refractivity contribution in [1.82, 2.24) is 4.98 Å². The molecule has 0 aliphatic heterocycles. The summed E-state index contributed by atoms with van der Waals surface area (Å²) in [5.41, 5.74) is 0. The fourth-order valence-electron chi connectivity index (χ4n) is 1.44. The first kappa shape index (κ1) is 13.0. The van der Waals surface area contributed by atoms with Crippen molar-refractivity contribution >= 4 is 29.0 Å². The molecule has 5 heteroatoms. The molecule has 2 aromatic rings. The lowest BCUT2D eigenvalue weighted by molar-refractivity contribution is 0.482. The molecule has 2 rings (SSSR count). The molecule has 0 spiro atoms. The zero-order valence-corrected chi connectivity index (χ0v) is 11.3. The molecule has 0 saturated heterocycles. The van der Waals surface area contributed by atoms with Crippen LogP contribution in [0.5, 0.6) is 11.5 Å². The second kappa shape index (κ2) is 5.94. The average molecular weight is 283 g/mol. The fraction of sp³-hybridized carbons (Fsp3) is 0.154. The third-order valence-corrected chi connectivity index (χ3v) is 3.03. The Morgan fingerprint density at radius 3 is 2.89 bits per heavy atom. The SMILES string of the molecule is CCNc1cc(Oc2cccc(Cl)c2Cl)ccn1. The van der Waals surface area contributed by atoms with Crippen LogP contribution in [0.4, 0.5) is 5.82 Å². The zero-order valence-electron chi connectivity index (χ0n) is 9.78. The number of pyridine rings is 1. The number of rotatable bonds is 4. The molecular weight excluding hydrogens is 271 g/mol.